The third-order valence-corrected chi connectivity index (χ3v) is 6.46. The first-order chi connectivity index (χ1) is 12.1. The van der Waals surface area contributed by atoms with Gasteiger partial charge in [0.1, 0.15) is 0 Å². The van der Waals surface area contributed by atoms with Gasteiger partial charge in [-0.25, -0.2) is 0 Å². The molecule has 1 fully saturated rings. The fourth-order valence-corrected chi connectivity index (χ4v) is 4.87. The molecule has 0 amide bonds. The fourth-order valence-electron chi connectivity index (χ4n) is 3.66. The van der Waals surface area contributed by atoms with E-state index in [1.165, 1.54) is 6.42 Å². The second-order valence-corrected chi connectivity index (χ2v) is 8.41. The molecule has 25 heavy (non-hydrogen) atoms. The normalized spacial score (nSPS) is 19.1. The molecule has 1 aromatic carbocycles. The number of aliphatic hydroxyl groups is 1. The van der Waals surface area contributed by atoms with Crippen molar-refractivity contribution in [3.63, 3.8) is 0 Å². The van der Waals surface area contributed by atoms with Crippen LogP contribution in [0.3, 0.4) is 0 Å². The molecule has 1 aliphatic rings. The number of nitrogens with one attached hydrogen (secondary N) is 1. The Bertz CT molecular complexity index is 579. The standard InChI is InChI=1S/C19H29N2O3P/c20-13-16-8-6-15(7-9-16)10-11-21-14-18(22)12-19(25(23)24)17-4-2-1-3-5-17/h6-9,17-19,21-22,25H,1-5,10-12,14H2,(H,23,24)/t18-,19+/m0/s1. The number of hydrogen-bond acceptors (Lipinski definition) is 4. The molecule has 1 unspecified atom stereocenters. The van der Waals surface area contributed by atoms with Crippen molar-refractivity contribution in [1.29, 1.82) is 5.26 Å². The lowest BCUT2D eigenvalue weighted by Gasteiger charge is -2.29. The van der Waals surface area contributed by atoms with E-state index in [1.54, 1.807) is 12.1 Å². The van der Waals surface area contributed by atoms with E-state index in [4.69, 9.17) is 5.26 Å². The fraction of sp³-hybridized carbons (Fsp3) is 0.632. The molecule has 1 aromatic rings. The lowest BCUT2D eigenvalue weighted by molar-refractivity contribution is 0.147. The van der Waals surface area contributed by atoms with Crippen LogP contribution in [0.15, 0.2) is 24.3 Å². The van der Waals surface area contributed by atoms with Crippen LogP contribution in [0.1, 0.15) is 49.7 Å². The monoisotopic (exact) mass is 364 g/mol. The predicted molar refractivity (Wildman–Crippen MR) is 99.9 cm³/mol. The molecule has 0 bridgehead atoms. The van der Waals surface area contributed by atoms with Crippen LogP contribution in [0.5, 0.6) is 0 Å². The maximum atomic E-state index is 11.7. The van der Waals surface area contributed by atoms with Gasteiger partial charge in [-0.15, -0.1) is 0 Å². The summed E-state index contributed by atoms with van der Waals surface area (Å²) in [6.07, 6.45) is 6.15. The molecule has 0 spiro atoms. The van der Waals surface area contributed by atoms with Crippen LogP contribution in [-0.4, -0.2) is 34.9 Å². The predicted octanol–water partition coefficient (Wildman–Crippen LogP) is 2.86. The zero-order valence-electron chi connectivity index (χ0n) is 14.7. The average Bonchev–Trinajstić information content (AvgIpc) is 2.64. The smallest absolute Gasteiger partial charge is 0.192 e. The lowest BCUT2D eigenvalue weighted by atomic mass is 9.85. The average molecular weight is 364 g/mol. The van der Waals surface area contributed by atoms with Crippen molar-refractivity contribution in [2.75, 3.05) is 13.1 Å². The SMILES string of the molecule is N#Cc1ccc(CCNC[C@@H](O)C[C@H](C2CCCCC2)[PH](=O)O)cc1. The second-order valence-electron chi connectivity index (χ2n) is 7.00. The zero-order chi connectivity index (χ0) is 18.1. The summed E-state index contributed by atoms with van der Waals surface area (Å²) in [5.74, 6) is 0.290. The van der Waals surface area contributed by atoms with E-state index >= 15 is 0 Å². The van der Waals surface area contributed by atoms with E-state index in [0.29, 0.717) is 24.4 Å². The Labute approximate surface area is 150 Å². The molecule has 3 N–H and O–H groups in total. The zero-order valence-corrected chi connectivity index (χ0v) is 15.7. The molecule has 0 heterocycles. The Balaban J connectivity index is 1.70. The quantitative estimate of drug-likeness (QED) is 0.463. The highest BCUT2D eigenvalue weighted by molar-refractivity contribution is 7.38. The molecule has 2 rings (SSSR count). The van der Waals surface area contributed by atoms with Crippen molar-refractivity contribution < 1.29 is 14.6 Å². The number of benzene rings is 1. The van der Waals surface area contributed by atoms with Gasteiger partial charge in [-0.05, 0) is 55.8 Å². The number of hydrogen-bond donors (Lipinski definition) is 3. The van der Waals surface area contributed by atoms with E-state index in [2.05, 4.69) is 11.4 Å². The summed E-state index contributed by atoms with van der Waals surface area (Å²) in [7, 11) is -2.61. The van der Waals surface area contributed by atoms with Gasteiger partial charge in [0.15, 0.2) is 8.03 Å². The van der Waals surface area contributed by atoms with Crippen LogP contribution < -0.4 is 5.32 Å². The molecular weight excluding hydrogens is 335 g/mol. The van der Waals surface area contributed by atoms with Crippen LogP contribution in [0.4, 0.5) is 0 Å². The molecule has 1 aliphatic carbocycles. The van der Waals surface area contributed by atoms with Crippen molar-refractivity contribution >= 4 is 8.03 Å². The van der Waals surface area contributed by atoms with Gasteiger partial charge in [-0.1, -0.05) is 31.4 Å². The van der Waals surface area contributed by atoms with Crippen molar-refractivity contribution in [3.05, 3.63) is 35.4 Å². The van der Waals surface area contributed by atoms with Crippen LogP contribution >= 0.6 is 8.03 Å². The summed E-state index contributed by atoms with van der Waals surface area (Å²) in [6.45, 7) is 1.17. The van der Waals surface area contributed by atoms with Crippen molar-refractivity contribution in [3.8, 4) is 6.07 Å². The van der Waals surface area contributed by atoms with Crippen LogP contribution in [0.25, 0.3) is 0 Å². The highest BCUT2D eigenvalue weighted by Gasteiger charge is 2.29. The Hall–Kier alpha value is -1.18. The van der Waals surface area contributed by atoms with Gasteiger partial charge in [0.05, 0.1) is 17.7 Å². The highest BCUT2D eigenvalue weighted by atomic mass is 31.1. The third-order valence-electron chi connectivity index (χ3n) is 5.12. The third kappa shape index (κ3) is 6.92. The Kier molecular flexibility index (Phi) is 8.64. The maximum Gasteiger partial charge on any atom is 0.192 e. The van der Waals surface area contributed by atoms with Gasteiger partial charge in [-0.3, -0.25) is 4.57 Å². The van der Waals surface area contributed by atoms with Gasteiger partial charge in [0.2, 0.25) is 0 Å². The highest BCUT2D eigenvalue weighted by Crippen LogP contribution is 2.40. The molecule has 3 atom stereocenters. The van der Waals surface area contributed by atoms with E-state index in [1.807, 2.05) is 12.1 Å². The number of nitriles is 1. The first kappa shape index (κ1) is 20.1. The lowest BCUT2D eigenvalue weighted by Crippen LogP contribution is -2.33. The molecule has 6 heteroatoms. The maximum absolute atomic E-state index is 11.7. The summed E-state index contributed by atoms with van der Waals surface area (Å²) in [4.78, 5) is 9.67. The van der Waals surface area contributed by atoms with Gasteiger partial charge in [-0.2, -0.15) is 5.26 Å². The minimum atomic E-state index is -2.61. The molecular formula is C19H29N2O3P. The molecule has 0 aromatic heterocycles. The topological polar surface area (TPSA) is 93.4 Å². The van der Waals surface area contributed by atoms with Crippen molar-refractivity contribution in [2.45, 2.75) is 56.7 Å². The van der Waals surface area contributed by atoms with Crippen molar-refractivity contribution in [2.24, 2.45) is 5.92 Å². The van der Waals surface area contributed by atoms with Crippen LogP contribution in [0, 0.1) is 17.2 Å². The minimum Gasteiger partial charge on any atom is -0.392 e. The number of aliphatic hydroxyl groups excluding tert-OH is 1. The van der Waals surface area contributed by atoms with E-state index in [0.717, 1.165) is 44.2 Å². The summed E-state index contributed by atoms with van der Waals surface area (Å²) < 4.78 is 11.7. The molecule has 0 radical (unpaired) electrons. The molecule has 1 saturated carbocycles. The largest absolute Gasteiger partial charge is 0.392 e. The summed E-state index contributed by atoms with van der Waals surface area (Å²) in [5.41, 5.74) is 1.54. The second kappa shape index (κ2) is 10.7. The summed E-state index contributed by atoms with van der Waals surface area (Å²) >= 11 is 0. The van der Waals surface area contributed by atoms with E-state index < -0.39 is 14.1 Å². The van der Waals surface area contributed by atoms with Gasteiger partial charge >= 0.3 is 0 Å². The Morgan fingerprint density at radius 2 is 1.92 bits per heavy atom. The first-order valence-corrected chi connectivity index (χ1v) is 10.6. The van der Waals surface area contributed by atoms with Gasteiger partial charge in [0, 0.05) is 12.2 Å². The number of rotatable bonds is 9. The summed E-state index contributed by atoms with van der Waals surface area (Å²) in [6, 6.07) is 9.58. The number of nitrogens with zero attached hydrogens (tertiary/aromatic N) is 1. The molecule has 0 aliphatic heterocycles. The molecule has 0 saturated heterocycles. The minimum absolute atomic E-state index is 0.249. The van der Waals surface area contributed by atoms with Crippen LogP contribution in [-0.2, 0) is 11.0 Å². The van der Waals surface area contributed by atoms with Gasteiger partial charge in [0.25, 0.3) is 0 Å². The van der Waals surface area contributed by atoms with Crippen LogP contribution in [0.2, 0.25) is 0 Å². The van der Waals surface area contributed by atoms with Gasteiger partial charge < -0.3 is 15.3 Å². The van der Waals surface area contributed by atoms with E-state index in [9.17, 15) is 14.6 Å². The Morgan fingerprint density at radius 3 is 2.52 bits per heavy atom. The first-order valence-electron chi connectivity index (χ1n) is 9.20. The molecule has 5 nitrogen and oxygen atoms in total. The Morgan fingerprint density at radius 1 is 1.24 bits per heavy atom. The molecule has 138 valence electrons. The summed E-state index contributed by atoms with van der Waals surface area (Å²) in [5, 5.41) is 22.2. The van der Waals surface area contributed by atoms with Crippen molar-refractivity contribution in [1.82, 2.24) is 5.32 Å². The van der Waals surface area contributed by atoms with E-state index in [-0.39, 0.29) is 5.66 Å².